The van der Waals surface area contributed by atoms with Gasteiger partial charge in [0.2, 0.25) is 0 Å². The van der Waals surface area contributed by atoms with E-state index in [4.69, 9.17) is 0 Å². The summed E-state index contributed by atoms with van der Waals surface area (Å²) in [4.78, 5) is 0. The number of aryl methyl sites for hydroxylation is 1. The monoisotopic (exact) mass is 609 g/mol. The van der Waals surface area contributed by atoms with Crippen LogP contribution in [-0.4, -0.2) is 4.40 Å². The predicted octanol–water partition coefficient (Wildman–Crippen LogP) is 11.6. The summed E-state index contributed by atoms with van der Waals surface area (Å²) in [6.07, 6.45) is 16.2. The number of rotatable bonds is 7. The number of benzene rings is 3. The molecule has 2 nitrogen and oxygen atoms in total. The fourth-order valence-electron chi connectivity index (χ4n) is 10.7. The van der Waals surface area contributed by atoms with Crippen molar-refractivity contribution in [1.82, 2.24) is 4.40 Å². The molecule has 3 heterocycles. The normalized spacial score (nSPS) is 26.5. The van der Waals surface area contributed by atoms with Crippen molar-refractivity contribution in [2.24, 2.45) is 11.3 Å². The molecule has 238 valence electrons. The van der Waals surface area contributed by atoms with Gasteiger partial charge in [-0.25, -0.2) is 4.57 Å². The zero-order valence-electron chi connectivity index (χ0n) is 29.3. The molecule has 2 fully saturated rings. The van der Waals surface area contributed by atoms with Gasteiger partial charge in [0.1, 0.15) is 17.3 Å². The van der Waals surface area contributed by atoms with E-state index in [0.29, 0.717) is 11.3 Å². The summed E-state index contributed by atoms with van der Waals surface area (Å²) in [6, 6.07) is 23.9. The van der Waals surface area contributed by atoms with E-state index in [-0.39, 0.29) is 11.0 Å². The van der Waals surface area contributed by atoms with Gasteiger partial charge in [-0.1, -0.05) is 103 Å². The topological polar surface area (TPSA) is 8.29 Å². The molecule has 2 aromatic heterocycles. The molecule has 0 bridgehead atoms. The summed E-state index contributed by atoms with van der Waals surface area (Å²) in [5.41, 5.74) is 12.3. The van der Waals surface area contributed by atoms with Crippen LogP contribution in [0.25, 0.3) is 38.6 Å². The number of pyridine rings is 1. The molecule has 2 unspecified atom stereocenters. The Morgan fingerprint density at radius 1 is 0.891 bits per heavy atom. The minimum Gasteiger partial charge on any atom is -0.218 e. The second kappa shape index (κ2) is 10.6. The number of para-hydroxylation sites is 1. The molecule has 5 aromatic rings. The van der Waals surface area contributed by atoms with Crippen LogP contribution in [0.15, 0.2) is 78.5 Å². The number of unbranched alkanes of at least 4 members (excludes halogenated alkanes) is 1. The number of fused-ring (bicyclic) bond motifs is 6. The van der Waals surface area contributed by atoms with Crippen LogP contribution in [0.5, 0.6) is 0 Å². The second-order valence-electron chi connectivity index (χ2n) is 15.9. The van der Waals surface area contributed by atoms with Gasteiger partial charge < -0.3 is 0 Å². The van der Waals surface area contributed by atoms with Crippen molar-refractivity contribution in [2.75, 3.05) is 0 Å². The lowest BCUT2D eigenvalue weighted by Gasteiger charge is -2.37. The van der Waals surface area contributed by atoms with Crippen molar-refractivity contribution < 1.29 is 4.57 Å². The zero-order valence-corrected chi connectivity index (χ0v) is 29.3. The molecule has 8 rings (SSSR count). The summed E-state index contributed by atoms with van der Waals surface area (Å²) < 4.78 is 5.43. The van der Waals surface area contributed by atoms with Crippen molar-refractivity contribution in [1.29, 1.82) is 0 Å². The quantitative estimate of drug-likeness (QED) is 0.0985. The van der Waals surface area contributed by atoms with E-state index < -0.39 is 0 Å². The first-order valence-electron chi connectivity index (χ1n) is 18.5. The van der Waals surface area contributed by atoms with Gasteiger partial charge in [-0.3, -0.25) is 0 Å². The van der Waals surface area contributed by atoms with E-state index in [1.807, 2.05) is 0 Å². The van der Waals surface area contributed by atoms with E-state index in [9.17, 15) is 0 Å². The van der Waals surface area contributed by atoms with Crippen LogP contribution in [0.2, 0.25) is 0 Å². The van der Waals surface area contributed by atoms with Gasteiger partial charge in [0.15, 0.2) is 5.69 Å². The maximum absolute atomic E-state index is 2.76. The third-order valence-corrected chi connectivity index (χ3v) is 13.0. The Bertz CT molecular complexity index is 2020. The largest absolute Gasteiger partial charge is 0.296 e. The van der Waals surface area contributed by atoms with E-state index >= 15 is 0 Å². The Hall–Kier alpha value is -3.39. The molecule has 2 heteroatoms. The Labute approximate surface area is 276 Å². The Kier molecular flexibility index (Phi) is 6.88. The van der Waals surface area contributed by atoms with Crippen molar-refractivity contribution in [3.05, 3.63) is 95.2 Å². The first-order valence-corrected chi connectivity index (χ1v) is 18.5. The molecule has 0 radical (unpaired) electrons. The Morgan fingerprint density at radius 3 is 2.35 bits per heavy atom. The minimum atomic E-state index is -0.00423. The lowest BCUT2D eigenvalue weighted by molar-refractivity contribution is -0.716. The standard InChI is InChI=1S/C44H53N2/c1-8-12-16-29-21-26-33(35(27-29)30-22-24-31(25-23-30)42(5,6)7)38-28-45-41-40-34(32-17-13-14-20-37(32)46(38)41)18-15-19-36(40)43(10-3)39(9-2)44(43,45)11-4/h9,13-15,17-21,26-28,30-31H,8,10-12,16,22-25H2,1-7H3/q+1. The van der Waals surface area contributed by atoms with Gasteiger partial charge in [-0.2, -0.15) is 4.40 Å². The van der Waals surface area contributed by atoms with Crippen LogP contribution in [0.4, 0.5) is 0 Å². The lowest BCUT2D eigenvalue weighted by atomic mass is 9.68. The summed E-state index contributed by atoms with van der Waals surface area (Å²) in [6.45, 7) is 16.8. The maximum Gasteiger partial charge on any atom is 0.296 e. The maximum atomic E-state index is 2.76. The van der Waals surface area contributed by atoms with Gasteiger partial charge in [0, 0.05) is 16.3 Å². The van der Waals surface area contributed by atoms with E-state index in [1.54, 1.807) is 16.7 Å². The highest BCUT2D eigenvalue weighted by atomic mass is 15.2. The molecular formula is C44H53N2+. The van der Waals surface area contributed by atoms with Crippen LogP contribution < -0.4 is 4.57 Å². The Morgan fingerprint density at radius 2 is 1.65 bits per heavy atom. The molecular weight excluding hydrogens is 556 g/mol. The lowest BCUT2D eigenvalue weighted by Crippen LogP contribution is -2.52. The molecule has 0 spiro atoms. The third-order valence-electron chi connectivity index (χ3n) is 13.0. The molecule has 2 aliphatic carbocycles. The summed E-state index contributed by atoms with van der Waals surface area (Å²) in [7, 11) is 0. The highest BCUT2D eigenvalue weighted by molar-refractivity contribution is 6.14. The van der Waals surface area contributed by atoms with Gasteiger partial charge in [-0.05, 0) is 110 Å². The van der Waals surface area contributed by atoms with Crippen molar-refractivity contribution >= 4 is 27.3 Å². The summed E-state index contributed by atoms with van der Waals surface area (Å²) in [5, 5.41) is 4.22. The SMILES string of the molecule is CC=C1C2(CC)c3cccc4c5ccccc5n5c(-c6ccc(CCCC)cc6C6CCC(C(C)(C)C)CC6)c[n+](c5c34)C12CC. The van der Waals surface area contributed by atoms with Crippen molar-refractivity contribution in [3.63, 3.8) is 0 Å². The van der Waals surface area contributed by atoms with Crippen LogP contribution >= 0.6 is 0 Å². The Balaban J connectivity index is 1.44. The molecule has 1 aliphatic heterocycles. The predicted molar refractivity (Wildman–Crippen MR) is 195 cm³/mol. The fraction of sp³-hybridized carbons (Fsp3) is 0.477. The molecule has 0 saturated heterocycles. The summed E-state index contributed by atoms with van der Waals surface area (Å²) in [5.74, 6) is 1.43. The molecule has 0 N–H and O–H groups in total. The van der Waals surface area contributed by atoms with Crippen LogP contribution in [-0.2, 0) is 17.4 Å². The molecule has 3 aliphatic rings. The summed E-state index contributed by atoms with van der Waals surface area (Å²) >= 11 is 0. The third kappa shape index (κ3) is 3.79. The van der Waals surface area contributed by atoms with Gasteiger partial charge in [0.05, 0.1) is 10.8 Å². The van der Waals surface area contributed by atoms with Gasteiger partial charge >= 0.3 is 0 Å². The smallest absolute Gasteiger partial charge is 0.218 e. The highest BCUT2D eigenvalue weighted by Crippen LogP contribution is 2.71. The molecule has 2 atom stereocenters. The number of nitrogens with zero attached hydrogens (tertiary/aromatic N) is 2. The molecule has 3 aromatic carbocycles. The number of aromatic nitrogens is 2. The van der Waals surface area contributed by atoms with E-state index in [2.05, 4.69) is 130 Å². The number of hydrogen-bond donors (Lipinski definition) is 0. The van der Waals surface area contributed by atoms with Crippen LogP contribution in [0.3, 0.4) is 0 Å². The first kappa shape index (κ1) is 30.0. The number of hydrogen-bond acceptors (Lipinski definition) is 0. The molecule has 46 heavy (non-hydrogen) atoms. The number of imidazole rings is 1. The number of allylic oxidation sites excluding steroid dienone is 2. The zero-order chi connectivity index (χ0) is 32.0. The highest BCUT2D eigenvalue weighted by Gasteiger charge is 2.78. The molecule has 0 amide bonds. The van der Waals surface area contributed by atoms with Crippen molar-refractivity contribution in [2.45, 2.75) is 123 Å². The minimum absolute atomic E-state index is 0.00423. The van der Waals surface area contributed by atoms with Crippen LogP contribution in [0.1, 0.15) is 122 Å². The average molecular weight is 610 g/mol. The fourth-order valence-corrected chi connectivity index (χ4v) is 10.7. The van der Waals surface area contributed by atoms with Gasteiger partial charge in [-0.15, -0.1) is 0 Å². The first-order chi connectivity index (χ1) is 22.3. The van der Waals surface area contributed by atoms with E-state index in [0.717, 1.165) is 18.8 Å². The van der Waals surface area contributed by atoms with Crippen molar-refractivity contribution in [3.8, 4) is 11.3 Å². The van der Waals surface area contributed by atoms with E-state index in [1.165, 1.54) is 89.1 Å². The van der Waals surface area contributed by atoms with Gasteiger partial charge in [0.25, 0.3) is 5.65 Å². The second-order valence-corrected chi connectivity index (χ2v) is 15.9. The van der Waals surface area contributed by atoms with Crippen LogP contribution in [0, 0.1) is 11.3 Å². The average Bonchev–Trinajstić information content (AvgIpc) is 3.50. The molecule has 2 saturated carbocycles.